The molecule has 0 saturated heterocycles. The summed E-state index contributed by atoms with van der Waals surface area (Å²) >= 11 is 0. The molecule has 0 radical (unpaired) electrons. The molecule has 0 bridgehead atoms. The minimum atomic E-state index is -0.783. The van der Waals surface area contributed by atoms with Gasteiger partial charge in [0.05, 0.1) is 17.4 Å². The van der Waals surface area contributed by atoms with Gasteiger partial charge in [-0.3, -0.25) is 9.59 Å². The van der Waals surface area contributed by atoms with Crippen LogP contribution in [0.3, 0.4) is 0 Å². The maximum Gasteiger partial charge on any atom is 0.310 e. The molecule has 23 heavy (non-hydrogen) atoms. The van der Waals surface area contributed by atoms with Gasteiger partial charge < -0.3 is 4.74 Å². The van der Waals surface area contributed by atoms with E-state index in [1.165, 1.54) is 0 Å². The maximum atomic E-state index is 13.1. The molecule has 0 spiro atoms. The lowest BCUT2D eigenvalue weighted by Gasteiger charge is -2.17. The monoisotopic (exact) mass is 308 g/mol. The summed E-state index contributed by atoms with van der Waals surface area (Å²) in [5, 5.41) is 0. The molecular weight excluding hydrogens is 288 g/mol. The summed E-state index contributed by atoms with van der Waals surface area (Å²) in [5.41, 5.74) is 0.741. The predicted molar refractivity (Wildman–Crippen MR) is 88.2 cm³/mol. The summed E-state index contributed by atoms with van der Waals surface area (Å²) in [6.45, 7) is 3.65. The third-order valence-corrected chi connectivity index (χ3v) is 4.33. The normalized spacial score (nSPS) is 22.7. The van der Waals surface area contributed by atoms with Gasteiger partial charge in [-0.15, -0.1) is 0 Å². The number of carbonyl (C=O) groups excluding carboxylic acids is 2. The molecule has 0 heterocycles. The maximum absolute atomic E-state index is 13.1. The first-order valence-electron chi connectivity index (χ1n) is 7.91. The Balaban J connectivity index is 1.97. The predicted octanol–water partition coefficient (Wildman–Crippen LogP) is 3.78. The summed E-state index contributed by atoms with van der Waals surface area (Å²) in [5.74, 6) is -0.692. The van der Waals surface area contributed by atoms with E-state index in [1.54, 1.807) is 12.1 Å². The van der Waals surface area contributed by atoms with E-state index in [0.717, 1.165) is 5.56 Å². The van der Waals surface area contributed by atoms with Gasteiger partial charge in [0, 0.05) is 5.56 Å². The molecule has 0 aliphatic heterocycles. The first kappa shape index (κ1) is 15.5. The molecular formula is C20H20O3. The van der Waals surface area contributed by atoms with E-state index in [9.17, 15) is 9.59 Å². The third-order valence-electron chi connectivity index (χ3n) is 4.33. The van der Waals surface area contributed by atoms with Crippen molar-refractivity contribution >= 4 is 11.8 Å². The highest BCUT2D eigenvalue weighted by molar-refractivity contribution is 6.10. The molecule has 3 nitrogen and oxygen atoms in total. The van der Waals surface area contributed by atoms with Crippen LogP contribution >= 0.6 is 0 Å². The van der Waals surface area contributed by atoms with Crippen LogP contribution in [0.2, 0.25) is 0 Å². The van der Waals surface area contributed by atoms with Crippen molar-refractivity contribution in [2.75, 3.05) is 0 Å². The number of ether oxygens (including phenoxy) is 1. The molecule has 0 unspecified atom stereocenters. The van der Waals surface area contributed by atoms with Crippen molar-refractivity contribution in [2.45, 2.75) is 31.8 Å². The molecule has 3 heteroatoms. The minimum absolute atomic E-state index is 0.00462. The molecule has 3 rings (SSSR count). The standard InChI is InChI=1S/C20H20O3/c1-14(2)23-19(22)17-13-20(17,16-11-7-4-8-12-16)18(21)15-9-5-3-6-10-15/h3-12,14,17H,13H2,1-2H3/t17-,20-/m0/s1. The number of esters is 1. The third kappa shape index (κ3) is 2.79. The minimum Gasteiger partial charge on any atom is -0.463 e. The molecule has 0 amide bonds. The van der Waals surface area contributed by atoms with Crippen molar-refractivity contribution in [3.63, 3.8) is 0 Å². The van der Waals surface area contributed by atoms with Gasteiger partial charge in [-0.05, 0) is 25.8 Å². The van der Waals surface area contributed by atoms with Crippen molar-refractivity contribution in [3.05, 3.63) is 71.8 Å². The lowest BCUT2D eigenvalue weighted by atomic mass is 9.85. The van der Waals surface area contributed by atoms with E-state index in [0.29, 0.717) is 12.0 Å². The summed E-state index contributed by atoms with van der Waals surface area (Å²) in [6, 6.07) is 18.7. The second-order valence-corrected chi connectivity index (χ2v) is 6.27. The van der Waals surface area contributed by atoms with Crippen LogP contribution in [0.15, 0.2) is 60.7 Å². The molecule has 2 aromatic rings. The molecule has 1 aliphatic carbocycles. The number of benzene rings is 2. The Bertz CT molecular complexity index is 706. The zero-order chi connectivity index (χ0) is 16.4. The molecule has 1 fully saturated rings. The van der Waals surface area contributed by atoms with Crippen LogP contribution in [-0.4, -0.2) is 17.9 Å². The van der Waals surface area contributed by atoms with Crippen molar-refractivity contribution in [2.24, 2.45) is 5.92 Å². The Morgan fingerprint density at radius 1 is 1.00 bits per heavy atom. The van der Waals surface area contributed by atoms with Crippen LogP contribution in [0, 0.1) is 5.92 Å². The van der Waals surface area contributed by atoms with Crippen LogP contribution in [0.4, 0.5) is 0 Å². The van der Waals surface area contributed by atoms with Gasteiger partial charge in [0.25, 0.3) is 0 Å². The lowest BCUT2D eigenvalue weighted by Crippen LogP contribution is -2.27. The number of hydrogen-bond donors (Lipinski definition) is 0. The van der Waals surface area contributed by atoms with E-state index in [-0.39, 0.29) is 17.9 Å². The van der Waals surface area contributed by atoms with Crippen LogP contribution in [0.25, 0.3) is 0 Å². The topological polar surface area (TPSA) is 43.4 Å². The van der Waals surface area contributed by atoms with E-state index in [2.05, 4.69) is 0 Å². The Morgan fingerprint density at radius 3 is 2.13 bits per heavy atom. The van der Waals surface area contributed by atoms with Crippen LogP contribution in [-0.2, 0) is 14.9 Å². The molecule has 0 aromatic heterocycles. The van der Waals surface area contributed by atoms with Gasteiger partial charge >= 0.3 is 5.97 Å². The van der Waals surface area contributed by atoms with Crippen LogP contribution < -0.4 is 0 Å². The number of Topliss-reactive ketones (excluding diaryl/α,β-unsaturated/α-hetero) is 1. The number of ketones is 1. The van der Waals surface area contributed by atoms with Gasteiger partial charge in [-0.2, -0.15) is 0 Å². The van der Waals surface area contributed by atoms with Gasteiger partial charge in [-0.25, -0.2) is 0 Å². The zero-order valence-electron chi connectivity index (χ0n) is 13.4. The van der Waals surface area contributed by atoms with E-state index in [1.807, 2.05) is 62.4 Å². The SMILES string of the molecule is CC(C)OC(=O)[C@@H]1C[C@]1(C(=O)c1ccccc1)c1ccccc1. The van der Waals surface area contributed by atoms with Gasteiger partial charge in [0.15, 0.2) is 5.78 Å². The van der Waals surface area contributed by atoms with Crippen molar-refractivity contribution in [1.29, 1.82) is 0 Å². The highest BCUT2D eigenvalue weighted by atomic mass is 16.5. The molecule has 1 saturated carbocycles. The second-order valence-electron chi connectivity index (χ2n) is 6.27. The summed E-state index contributed by atoms with van der Waals surface area (Å²) in [6.07, 6.45) is 0.333. The largest absolute Gasteiger partial charge is 0.463 e. The average Bonchev–Trinajstić information content (AvgIpc) is 3.32. The fourth-order valence-electron chi connectivity index (χ4n) is 3.15. The smallest absolute Gasteiger partial charge is 0.310 e. The molecule has 118 valence electrons. The fourth-order valence-corrected chi connectivity index (χ4v) is 3.15. The second kappa shape index (κ2) is 5.99. The highest BCUT2D eigenvalue weighted by Gasteiger charge is 2.65. The Morgan fingerprint density at radius 2 is 1.57 bits per heavy atom. The summed E-state index contributed by atoms with van der Waals surface area (Å²) in [7, 11) is 0. The Kier molecular flexibility index (Phi) is 4.03. The van der Waals surface area contributed by atoms with E-state index < -0.39 is 11.3 Å². The number of carbonyl (C=O) groups is 2. The number of rotatable bonds is 5. The molecule has 0 N–H and O–H groups in total. The zero-order valence-corrected chi connectivity index (χ0v) is 13.4. The van der Waals surface area contributed by atoms with Gasteiger partial charge in [-0.1, -0.05) is 60.7 Å². The Hall–Kier alpha value is -2.42. The average molecular weight is 308 g/mol. The van der Waals surface area contributed by atoms with E-state index >= 15 is 0 Å². The molecule has 1 aliphatic rings. The lowest BCUT2D eigenvalue weighted by molar-refractivity contribution is -0.149. The molecule has 2 atom stereocenters. The summed E-state index contributed by atoms with van der Waals surface area (Å²) < 4.78 is 5.35. The van der Waals surface area contributed by atoms with Crippen LogP contribution in [0.5, 0.6) is 0 Å². The number of hydrogen-bond acceptors (Lipinski definition) is 3. The quantitative estimate of drug-likeness (QED) is 0.623. The van der Waals surface area contributed by atoms with Gasteiger partial charge in [0.2, 0.25) is 0 Å². The van der Waals surface area contributed by atoms with Gasteiger partial charge in [0.1, 0.15) is 0 Å². The van der Waals surface area contributed by atoms with Crippen molar-refractivity contribution < 1.29 is 14.3 Å². The fraction of sp³-hybridized carbons (Fsp3) is 0.300. The molecule has 2 aromatic carbocycles. The Labute approximate surface area is 136 Å². The van der Waals surface area contributed by atoms with Crippen molar-refractivity contribution in [1.82, 2.24) is 0 Å². The van der Waals surface area contributed by atoms with E-state index in [4.69, 9.17) is 4.74 Å². The van der Waals surface area contributed by atoms with Crippen molar-refractivity contribution in [3.8, 4) is 0 Å². The summed E-state index contributed by atoms with van der Waals surface area (Å²) in [4.78, 5) is 25.5. The highest BCUT2D eigenvalue weighted by Crippen LogP contribution is 2.56. The first-order valence-corrected chi connectivity index (χ1v) is 7.91. The van der Waals surface area contributed by atoms with Crippen LogP contribution in [0.1, 0.15) is 36.2 Å². The first-order chi connectivity index (χ1) is 11.1.